The molecular weight excluding hydrogens is 504 g/mol. The van der Waals surface area contributed by atoms with Crippen LogP contribution in [-0.2, 0) is 24.7 Å². The van der Waals surface area contributed by atoms with Gasteiger partial charge in [0, 0.05) is 23.1 Å². The van der Waals surface area contributed by atoms with Gasteiger partial charge in [-0.2, -0.15) is 0 Å². The maximum atomic E-state index is 2.51. The Morgan fingerprint density at radius 2 is 1.53 bits per heavy atom. The first-order valence-electron chi connectivity index (χ1n) is 9.96. The van der Waals surface area contributed by atoms with Gasteiger partial charge in [0.05, 0.1) is 8.07 Å². The molecule has 1 aromatic heterocycles. The molecule has 0 N–H and O–H groups in total. The van der Waals surface area contributed by atoms with Crippen LogP contribution in [0.5, 0.6) is 0 Å². The third-order valence-corrected chi connectivity index (χ3v) is 11.8. The summed E-state index contributed by atoms with van der Waals surface area (Å²) in [7, 11) is -1.17. The SMILES string of the molecule is CC1=C2c3c(ccn3-c3ccccc3)C1[Si]2(C)C.[Cl-].[Cl-].[Zr+2][CH]1C=Cc2ccccc21. The van der Waals surface area contributed by atoms with Gasteiger partial charge in [0.25, 0.3) is 0 Å². The van der Waals surface area contributed by atoms with E-state index in [-0.39, 0.29) is 24.8 Å². The summed E-state index contributed by atoms with van der Waals surface area (Å²) in [6.07, 6.45) is 6.74. The van der Waals surface area contributed by atoms with Gasteiger partial charge < -0.3 is 29.4 Å². The molecule has 30 heavy (non-hydrogen) atoms. The van der Waals surface area contributed by atoms with Gasteiger partial charge in [-0.15, -0.1) is 0 Å². The molecule has 2 aliphatic heterocycles. The molecule has 2 unspecified atom stereocenters. The van der Waals surface area contributed by atoms with Crippen LogP contribution in [0.1, 0.15) is 38.5 Å². The molecule has 0 radical (unpaired) electrons. The number of fused-ring (bicyclic) bond motifs is 1. The summed E-state index contributed by atoms with van der Waals surface area (Å²) in [5.74, 6) is 0. The topological polar surface area (TPSA) is 4.93 Å². The predicted molar refractivity (Wildman–Crippen MR) is 117 cm³/mol. The number of halogens is 2. The zero-order valence-corrected chi connectivity index (χ0v) is 22.3. The molecule has 5 heteroatoms. The van der Waals surface area contributed by atoms with Gasteiger partial charge >= 0.3 is 75.9 Å². The van der Waals surface area contributed by atoms with Crippen LogP contribution in [0, 0.1) is 0 Å². The van der Waals surface area contributed by atoms with Crippen molar-refractivity contribution in [3.05, 3.63) is 101 Å². The number of allylic oxidation sites excluding steroid dienone is 2. The summed E-state index contributed by atoms with van der Waals surface area (Å²) in [5, 5.41) is 1.70. The molecular formula is C25H24Cl2NSiZr. The van der Waals surface area contributed by atoms with Gasteiger partial charge in [-0.05, 0) is 35.9 Å². The van der Waals surface area contributed by atoms with Crippen molar-refractivity contribution in [2.45, 2.75) is 29.2 Å². The first kappa shape index (κ1) is 23.5. The Hall–Kier alpha value is -1.12. The van der Waals surface area contributed by atoms with E-state index in [0.29, 0.717) is 3.63 Å². The molecule has 3 aromatic rings. The zero-order valence-electron chi connectivity index (χ0n) is 17.4. The summed E-state index contributed by atoms with van der Waals surface area (Å²) in [6, 6.07) is 21.6. The molecule has 1 nitrogen and oxygen atoms in total. The number of benzene rings is 2. The third-order valence-electron chi connectivity index (χ3n) is 6.49. The second-order valence-corrected chi connectivity index (χ2v) is 14.6. The van der Waals surface area contributed by atoms with Crippen LogP contribution < -0.4 is 24.8 Å². The van der Waals surface area contributed by atoms with Crippen LogP contribution in [-0.4, -0.2) is 12.6 Å². The van der Waals surface area contributed by atoms with E-state index >= 15 is 0 Å². The number of aromatic nitrogens is 1. The van der Waals surface area contributed by atoms with Crippen LogP contribution in [0.15, 0.2) is 78.5 Å². The normalized spacial score (nSPS) is 20.8. The van der Waals surface area contributed by atoms with E-state index in [1.54, 1.807) is 41.1 Å². The molecule has 0 amide bonds. The number of para-hydroxylation sites is 1. The summed E-state index contributed by atoms with van der Waals surface area (Å²) in [5.41, 5.74) is 9.72. The van der Waals surface area contributed by atoms with Crippen molar-refractivity contribution in [2.24, 2.45) is 0 Å². The fourth-order valence-electron chi connectivity index (χ4n) is 5.37. The van der Waals surface area contributed by atoms with E-state index in [1.165, 1.54) is 22.5 Å². The Balaban J connectivity index is 0.000000184. The molecule has 4 aliphatic rings. The van der Waals surface area contributed by atoms with Crippen molar-refractivity contribution in [3.63, 3.8) is 0 Å². The average Bonchev–Trinajstić information content (AvgIpc) is 3.40. The second-order valence-electron chi connectivity index (χ2n) is 8.50. The Morgan fingerprint density at radius 3 is 2.20 bits per heavy atom. The van der Waals surface area contributed by atoms with E-state index < -0.39 is 8.07 Å². The van der Waals surface area contributed by atoms with Gasteiger partial charge in [0.1, 0.15) is 0 Å². The standard InChI is InChI=1S/C16H17NSi.C9H7.2ClH.Zr/c1-11-15-13-9-10-17(12-7-5-4-6-8-12)14(13)16(11)18(15,2)3;1-2-5-9-7-3-6-8(9)4-1;;;/h4-10,15H,1-3H3;1-7H;2*1H;/q;;;;+2/p-2. The summed E-state index contributed by atoms with van der Waals surface area (Å²) in [6.45, 7) is 7.35. The summed E-state index contributed by atoms with van der Waals surface area (Å²) >= 11 is 1.59. The second kappa shape index (κ2) is 8.79. The average molecular weight is 529 g/mol. The molecule has 0 saturated carbocycles. The molecule has 7 rings (SSSR count). The van der Waals surface area contributed by atoms with Crippen molar-refractivity contribution in [2.75, 3.05) is 0 Å². The maximum absolute atomic E-state index is 2.51. The Labute approximate surface area is 208 Å². The number of hydrogen-bond acceptors (Lipinski definition) is 0. The van der Waals surface area contributed by atoms with Crippen LogP contribution >= 0.6 is 0 Å². The number of rotatable bonds is 1. The predicted octanol–water partition coefficient (Wildman–Crippen LogP) is 0.458. The first-order chi connectivity index (χ1) is 13.5. The van der Waals surface area contributed by atoms with Crippen molar-refractivity contribution in [1.82, 2.24) is 4.57 Å². The molecule has 151 valence electrons. The number of nitrogens with zero attached hydrogens (tertiary/aromatic N) is 1. The van der Waals surface area contributed by atoms with Crippen LogP contribution in [0.3, 0.4) is 0 Å². The van der Waals surface area contributed by atoms with Gasteiger partial charge in [-0.25, -0.2) is 0 Å². The van der Waals surface area contributed by atoms with Gasteiger partial charge in [-0.1, -0.05) is 36.9 Å². The quantitative estimate of drug-likeness (QED) is 0.405. The molecule has 0 spiro atoms. The van der Waals surface area contributed by atoms with Crippen molar-refractivity contribution >= 4 is 19.3 Å². The van der Waals surface area contributed by atoms with E-state index in [0.717, 1.165) is 5.54 Å². The minimum absolute atomic E-state index is 0. The molecule has 3 heterocycles. The van der Waals surface area contributed by atoms with E-state index in [2.05, 4.69) is 104 Å². The molecule has 0 fully saturated rings. The summed E-state index contributed by atoms with van der Waals surface area (Å²) < 4.78 is 3.10. The van der Waals surface area contributed by atoms with Crippen LogP contribution in [0.4, 0.5) is 0 Å². The molecule has 2 aromatic carbocycles. The Kier molecular flexibility index (Phi) is 6.90. The fourth-order valence-corrected chi connectivity index (χ4v) is 10.6. The van der Waals surface area contributed by atoms with Gasteiger partial charge in [0.2, 0.25) is 0 Å². The molecule has 2 bridgehead atoms. The molecule has 0 saturated heterocycles. The first-order valence-corrected chi connectivity index (χ1v) is 14.5. The Bertz CT molecular complexity index is 1130. The van der Waals surface area contributed by atoms with Gasteiger partial charge in [0.15, 0.2) is 0 Å². The Morgan fingerprint density at radius 1 is 0.867 bits per heavy atom. The van der Waals surface area contributed by atoms with Crippen LogP contribution in [0.2, 0.25) is 13.1 Å². The van der Waals surface area contributed by atoms with Crippen molar-refractivity contribution < 1.29 is 49.5 Å². The summed E-state index contributed by atoms with van der Waals surface area (Å²) in [4.78, 5) is 0. The van der Waals surface area contributed by atoms with E-state index in [4.69, 9.17) is 0 Å². The fraction of sp³-hybridized carbons (Fsp3) is 0.200. The van der Waals surface area contributed by atoms with Crippen LogP contribution in [0.25, 0.3) is 17.0 Å². The van der Waals surface area contributed by atoms with Crippen molar-refractivity contribution in [3.8, 4) is 5.69 Å². The van der Waals surface area contributed by atoms with Gasteiger partial charge in [-0.3, -0.25) is 0 Å². The van der Waals surface area contributed by atoms with E-state index in [1.807, 2.05) is 0 Å². The minimum atomic E-state index is -1.17. The van der Waals surface area contributed by atoms with Crippen molar-refractivity contribution in [1.29, 1.82) is 0 Å². The monoisotopic (exact) mass is 526 g/mol. The van der Waals surface area contributed by atoms with E-state index in [9.17, 15) is 0 Å². The zero-order chi connectivity index (χ0) is 19.5. The molecule has 2 aliphatic carbocycles. The molecule has 2 atom stereocenters. The third kappa shape index (κ3) is 3.48. The number of hydrogen-bond donors (Lipinski definition) is 0.